The molecule has 1 atom stereocenters. The van der Waals surface area contributed by atoms with Crippen LogP contribution in [0.3, 0.4) is 0 Å². The number of hydrogen-bond acceptors (Lipinski definition) is 2. The van der Waals surface area contributed by atoms with Crippen LogP contribution in [0.25, 0.3) is 0 Å². The van der Waals surface area contributed by atoms with Crippen LogP contribution in [-0.2, 0) is 5.41 Å². The van der Waals surface area contributed by atoms with Gasteiger partial charge in [0, 0.05) is 6.04 Å². The Balaban J connectivity index is 2.98. The van der Waals surface area contributed by atoms with Crippen LogP contribution in [-0.4, -0.2) is 6.54 Å². The summed E-state index contributed by atoms with van der Waals surface area (Å²) in [6.07, 6.45) is 1.95. The largest absolute Gasteiger partial charge is 0.330 e. The maximum Gasteiger partial charge on any atom is 0.0298 e. The number of hydrogen-bond donors (Lipinski definition) is 2. The highest BCUT2D eigenvalue weighted by Gasteiger charge is 2.16. The maximum atomic E-state index is 6.24. The molecule has 1 unspecified atom stereocenters. The van der Waals surface area contributed by atoms with E-state index in [1.54, 1.807) is 0 Å². The van der Waals surface area contributed by atoms with Crippen LogP contribution in [0.4, 0.5) is 0 Å². The van der Waals surface area contributed by atoms with Crippen molar-refractivity contribution in [1.82, 2.24) is 0 Å². The minimum absolute atomic E-state index is 0.112. The van der Waals surface area contributed by atoms with Gasteiger partial charge in [0.25, 0.3) is 0 Å². The molecule has 4 N–H and O–H groups in total. The van der Waals surface area contributed by atoms with E-state index < -0.39 is 0 Å². The molecule has 0 saturated heterocycles. The summed E-state index contributed by atoms with van der Waals surface area (Å²) in [5.41, 5.74) is 15.8. The van der Waals surface area contributed by atoms with Gasteiger partial charge in [-0.2, -0.15) is 0 Å². The fourth-order valence-corrected chi connectivity index (χ4v) is 2.00. The molecule has 2 nitrogen and oxygen atoms in total. The summed E-state index contributed by atoms with van der Waals surface area (Å²) in [5, 5.41) is 0. The zero-order valence-electron chi connectivity index (χ0n) is 11.6. The summed E-state index contributed by atoms with van der Waals surface area (Å²) < 4.78 is 0. The summed E-state index contributed by atoms with van der Waals surface area (Å²) in [6.45, 7) is 9.53. The Kier molecular flexibility index (Phi) is 4.72. The molecule has 0 fully saturated rings. The van der Waals surface area contributed by atoms with Gasteiger partial charge >= 0.3 is 0 Å². The van der Waals surface area contributed by atoms with E-state index >= 15 is 0 Å². The van der Waals surface area contributed by atoms with E-state index in [1.165, 1.54) is 16.7 Å². The van der Waals surface area contributed by atoms with Gasteiger partial charge in [-0.15, -0.1) is 0 Å². The molecule has 0 bridgehead atoms. The molecule has 96 valence electrons. The first kappa shape index (κ1) is 14.2. The molecule has 1 aromatic carbocycles. The van der Waals surface area contributed by atoms with Gasteiger partial charge < -0.3 is 11.5 Å². The van der Waals surface area contributed by atoms with Gasteiger partial charge in [0.2, 0.25) is 0 Å². The van der Waals surface area contributed by atoms with E-state index in [1.807, 2.05) is 0 Å². The van der Waals surface area contributed by atoms with Crippen LogP contribution in [0.1, 0.15) is 56.3 Å². The molecule has 0 spiro atoms. The lowest BCUT2D eigenvalue weighted by Crippen LogP contribution is -2.17. The van der Waals surface area contributed by atoms with Crippen molar-refractivity contribution < 1.29 is 0 Å². The van der Waals surface area contributed by atoms with Crippen LogP contribution >= 0.6 is 0 Å². The molecule has 0 aromatic heterocycles. The number of rotatable bonds is 4. The van der Waals surface area contributed by atoms with Gasteiger partial charge in [0.15, 0.2) is 0 Å². The molecule has 0 amide bonds. The lowest BCUT2D eigenvalue weighted by Gasteiger charge is -2.23. The molecule has 17 heavy (non-hydrogen) atoms. The highest BCUT2D eigenvalue weighted by Crippen LogP contribution is 2.27. The third kappa shape index (κ3) is 3.83. The summed E-state index contributed by atoms with van der Waals surface area (Å²) >= 11 is 0. The average molecular weight is 234 g/mol. The molecular weight excluding hydrogens is 208 g/mol. The lowest BCUT2D eigenvalue weighted by atomic mass is 9.84. The van der Waals surface area contributed by atoms with Crippen molar-refractivity contribution in [1.29, 1.82) is 0 Å². The zero-order chi connectivity index (χ0) is 13.1. The van der Waals surface area contributed by atoms with Crippen molar-refractivity contribution in [2.45, 2.75) is 52.0 Å². The Bertz CT molecular complexity index is 364. The topological polar surface area (TPSA) is 52.0 Å². The van der Waals surface area contributed by atoms with Gasteiger partial charge in [0.05, 0.1) is 0 Å². The van der Waals surface area contributed by atoms with Crippen LogP contribution in [0.15, 0.2) is 18.2 Å². The van der Waals surface area contributed by atoms with E-state index in [0.29, 0.717) is 6.54 Å². The predicted molar refractivity (Wildman–Crippen MR) is 75.1 cm³/mol. The lowest BCUT2D eigenvalue weighted by molar-refractivity contribution is 0.580. The fourth-order valence-electron chi connectivity index (χ4n) is 2.00. The average Bonchev–Trinajstić information content (AvgIpc) is 2.24. The Morgan fingerprint density at radius 1 is 1.24 bits per heavy atom. The quantitative estimate of drug-likeness (QED) is 0.841. The molecule has 0 saturated carbocycles. The smallest absolute Gasteiger partial charge is 0.0298 e. The normalized spacial score (nSPS) is 13.8. The summed E-state index contributed by atoms with van der Waals surface area (Å²) in [5.74, 6) is 0. The third-order valence-electron chi connectivity index (χ3n) is 3.26. The van der Waals surface area contributed by atoms with Gasteiger partial charge in [0.1, 0.15) is 0 Å². The molecule has 0 aliphatic heterocycles. The molecular formula is C15H26N2. The monoisotopic (exact) mass is 234 g/mol. The van der Waals surface area contributed by atoms with Crippen molar-refractivity contribution in [2.24, 2.45) is 11.5 Å². The highest BCUT2D eigenvalue weighted by molar-refractivity contribution is 5.36. The molecule has 1 aromatic rings. The first-order valence-electron chi connectivity index (χ1n) is 6.43. The standard InChI is InChI=1S/C15H26N2/c1-11-7-8-12(15(2,3)4)10-13(11)14(17)6-5-9-16/h7-8,10,14H,5-6,9,16-17H2,1-4H3. The molecule has 0 aliphatic rings. The minimum Gasteiger partial charge on any atom is -0.330 e. The second-order valence-electron chi connectivity index (χ2n) is 5.86. The van der Waals surface area contributed by atoms with Gasteiger partial charge in [-0.1, -0.05) is 39.0 Å². The van der Waals surface area contributed by atoms with E-state index in [-0.39, 0.29) is 11.5 Å². The van der Waals surface area contributed by atoms with E-state index in [0.717, 1.165) is 12.8 Å². The van der Waals surface area contributed by atoms with Gasteiger partial charge in [-0.3, -0.25) is 0 Å². The van der Waals surface area contributed by atoms with Crippen LogP contribution < -0.4 is 11.5 Å². The molecule has 0 aliphatic carbocycles. The van der Waals surface area contributed by atoms with Crippen molar-refractivity contribution in [2.75, 3.05) is 6.54 Å². The van der Waals surface area contributed by atoms with Crippen molar-refractivity contribution in [3.05, 3.63) is 34.9 Å². The van der Waals surface area contributed by atoms with Crippen LogP contribution in [0.2, 0.25) is 0 Å². The molecule has 0 heterocycles. The Hall–Kier alpha value is -0.860. The Morgan fingerprint density at radius 2 is 1.88 bits per heavy atom. The minimum atomic E-state index is 0.112. The number of nitrogens with two attached hydrogens (primary N) is 2. The van der Waals surface area contributed by atoms with Crippen molar-refractivity contribution >= 4 is 0 Å². The first-order chi connectivity index (χ1) is 7.86. The Labute approximate surface area is 105 Å². The van der Waals surface area contributed by atoms with E-state index in [9.17, 15) is 0 Å². The van der Waals surface area contributed by atoms with E-state index in [4.69, 9.17) is 11.5 Å². The fraction of sp³-hybridized carbons (Fsp3) is 0.600. The maximum absolute atomic E-state index is 6.24. The number of benzene rings is 1. The second-order valence-corrected chi connectivity index (χ2v) is 5.86. The molecule has 2 heteroatoms. The van der Waals surface area contributed by atoms with Crippen molar-refractivity contribution in [3.8, 4) is 0 Å². The third-order valence-corrected chi connectivity index (χ3v) is 3.26. The highest BCUT2D eigenvalue weighted by atomic mass is 14.6. The summed E-state index contributed by atoms with van der Waals surface area (Å²) in [4.78, 5) is 0. The zero-order valence-corrected chi connectivity index (χ0v) is 11.6. The van der Waals surface area contributed by atoms with Gasteiger partial charge in [-0.05, 0) is 48.4 Å². The van der Waals surface area contributed by atoms with Gasteiger partial charge in [-0.25, -0.2) is 0 Å². The first-order valence-corrected chi connectivity index (χ1v) is 6.43. The second kappa shape index (κ2) is 5.65. The Morgan fingerprint density at radius 3 is 2.41 bits per heavy atom. The molecule has 1 rings (SSSR count). The SMILES string of the molecule is Cc1ccc(C(C)(C)C)cc1C(N)CCCN. The predicted octanol–water partition coefficient (Wildman–Crippen LogP) is 3.03. The van der Waals surface area contributed by atoms with Crippen molar-refractivity contribution in [3.63, 3.8) is 0 Å². The van der Waals surface area contributed by atoms with E-state index in [2.05, 4.69) is 45.9 Å². The number of aryl methyl sites for hydroxylation is 1. The van der Waals surface area contributed by atoms with Crippen LogP contribution in [0, 0.1) is 6.92 Å². The molecule has 0 radical (unpaired) electrons. The summed E-state index contributed by atoms with van der Waals surface area (Å²) in [7, 11) is 0. The summed E-state index contributed by atoms with van der Waals surface area (Å²) in [6, 6.07) is 6.75. The van der Waals surface area contributed by atoms with Crippen LogP contribution in [0.5, 0.6) is 0 Å².